The summed E-state index contributed by atoms with van der Waals surface area (Å²) < 4.78 is 18.4. The minimum atomic E-state index is -1.03. The Bertz CT molecular complexity index is 1080. The molecule has 1 rings (SSSR count). The van der Waals surface area contributed by atoms with Crippen molar-refractivity contribution in [1.29, 1.82) is 0 Å². The lowest BCUT2D eigenvalue weighted by Gasteiger charge is -2.38. The van der Waals surface area contributed by atoms with Gasteiger partial charge in [-0.2, -0.15) is 0 Å². The molecule has 11 nitrogen and oxygen atoms in total. The number of nitrogens with one attached hydrogen (secondary N) is 1. The standard InChI is InChI=1S/C30H52N4O7S/c1-13-19(7)23(32-25(36)24(18(5)6)34(12)29(39)41-30(8,9)10)27(37)33(11)21(17(3)4)15-22(35)26-31-20(16-42-26)28(38)40-14-2/h16-19,21-24,35H,13-15H2,1-12H3,(H,32,36)/t19-,21+,22+,23-,24-/m0/s1/i12D. The van der Waals surface area contributed by atoms with Crippen molar-refractivity contribution in [1.82, 2.24) is 20.1 Å². The lowest BCUT2D eigenvalue weighted by Crippen LogP contribution is -2.59. The monoisotopic (exact) mass is 613 g/mol. The van der Waals surface area contributed by atoms with Gasteiger partial charge in [0.1, 0.15) is 28.8 Å². The van der Waals surface area contributed by atoms with Crippen LogP contribution in [-0.4, -0.2) is 88.2 Å². The van der Waals surface area contributed by atoms with Crippen LogP contribution in [0, 0.1) is 17.8 Å². The average molecular weight is 614 g/mol. The Kier molecular flexibility index (Phi) is 13.7. The number of thiazole rings is 1. The van der Waals surface area contributed by atoms with E-state index < -0.39 is 54.8 Å². The van der Waals surface area contributed by atoms with E-state index in [-0.39, 0.29) is 42.4 Å². The van der Waals surface area contributed by atoms with Crippen LogP contribution >= 0.6 is 11.3 Å². The van der Waals surface area contributed by atoms with Crippen LogP contribution in [0.2, 0.25) is 0 Å². The predicted octanol–water partition coefficient (Wildman–Crippen LogP) is 4.65. The first-order valence-corrected chi connectivity index (χ1v) is 15.4. The Morgan fingerprint density at radius 2 is 1.71 bits per heavy atom. The van der Waals surface area contributed by atoms with Crippen LogP contribution in [-0.2, 0) is 19.1 Å². The van der Waals surface area contributed by atoms with E-state index in [0.29, 0.717) is 11.4 Å². The van der Waals surface area contributed by atoms with Gasteiger partial charge < -0.3 is 24.8 Å². The number of carbonyl (C=O) groups excluding carboxylic acids is 4. The number of hydrogen-bond acceptors (Lipinski definition) is 9. The molecule has 0 aliphatic rings. The molecule has 42 heavy (non-hydrogen) atoms. The Morgan fingerprint density at radius 3 is 2.19 bits per heavy atom. The molecular formula is C30H52N4O7S. The van der Waals surface area contributed by atoms with Crippen LogP contribution < -0.4 is 5.32 Å². The minimum absolute atomic E-state index is 0.0595. The Morgan fingerprint density at radius 1 is 1.10 bits per heavy atom. The summed E-state index contributed by atoms with van der Waals surface area (Å²) in [6.07, 6.45) is -1.05. The quantitative estimate of drug-likeness (QED) is 0.289. The zero-order chi connectivity index (χ0) is 33.2. The largest absolute Gasteiger partial charge is 0.461 e. The first-order chi connectivity index (χ1) is 19.9. The van der Waals surface area contributed by atoms with Gasteiger partial charge in [0.15, 0.2) is 5.69 Å². The van der Waals surface area contributed by atoms with Gasteiger partial charge in [0.05, 0.1) is 6.61 Å². The summed E-state index contributed by atoms with van der Waals surface area (Å²) in [6.45, 7) is 18.2. The predicted molar refractivity (Wildman–Crippen MR) is 163 cm³/mol. The molecule has 3 amide bonds. The number of hydrogen-bond donors (Lipinski definition) is 2. The number of esters is 1. The summed E-state index contributed by atoms with van der Waals surface area (Å²) in [5.41, 5.74) is -0.686. The van der Waals surface area contributed by atoms with E-state index in [1.165, 1.54) is 5.38 Å². The van der Waals surface area contributed by atoms with Gasteiger partial charge in [0.25, 0.3) is 0 Å². The van der Waals surface area contributed by atoms with Crippen LogP contribution in [0.5, 0.6) is 0 Å². The third kappa shape index (κ3) is 10.5. The maximum absolute atomic E-state index is 14.0. The number of rotatable bonds is 14. The fourth-order valence-corrected chi connectivity index (χ4v) is 5.28. The van der Waals surface area contributed by atoms with Crippen LogP contribution in [0.4, 0.5) is 4.79 Å². The molecule has 240 valence electrons. The van der Waals surface area contributed by atoms with Gasteiger partial charge in [-0.05, 0) is 45.4 Å². The summed E-state index contributed by atoms with van der Waals surface area (Å²) in [7, 11) is 1.15. The lowest BCUT2D eigenvalue weighted by molar-refractivity contribution is -0.141. The fraction of sp³-hybridized carbons (Fsp3) is 0.767. The number of nitrogens with zero attached hydrogens (tertiary/aromatic N) is 3. The molecule has 5 atom stereocenters. The SMILES string of the molecule is [2H]CN(C(=O)OC(C)(C)C)[C@H](C(=O)N[C@H](C(=O)N(C)[C@H](C[C@@H](O)c1nc(C(=O)OCC)cs1)C(C)C)[C@@H](C)CC)C(C)C. The van der Waals surface area contributed by atoms with Crippen molar-refractivity contribution in [3.63, 3.8) is 0 Å². The number of likely N-dealkylation sites (N-methyl/N-ethyl adjacent to an activating group) is 2. The highest BCUT2D eigenvalue weighted by Crippen LogP contribution is 2.28. The van der Waals surface area contributed by atoms with Gasteiger partial charge in [0, 0.05) is 33.3 Å². The van der Waals surface area contributed by atoms with E-state index in [1.807, 2.05) is 27.7 Å². The summed E-state index contributed by atoms with van der Waals surface area (Å²) in [5.74, 6) is -2.11. The highest BCUT2D eigenvalue weighted by Gasteiger charge is 2.38. The van der Waals surface area contributed by atoms with Crippen LogP contribution in [0.3, 0.4) is 0 Å². The van der Waals surface area contributed by atoms with Crippen molar-refractivity contribution in [3.8, 4) is 0 Å². The summed E-state index contributed by atoms with van der Waals surface area (Å²) in [6, 6.07) is -2.37. The maximum atomic E-state index is 14.0. The molecule has 0 radical (unpaired) electrons. The molecule has 0 aromatic carbocycles. The van der Waals surface area contributed by atoms with Gasteiger partial charge in [-0.3, -0.25) is 14.5 Å². The minimum Gasteiger partial charge on any atom is -0.461 e. The number of aromatic nitrogens is 1. The first-order valence-electron chi connectivity index (χ1n) is 15.3. The van der Waals surface area contributed by atoms with Crippen molar-refractivity contribution >= 4 is 35.2 Å². The topological polar surface area (TPSA) is 138 Å². The van der Waals surface area contributed by atoms with Crippen molar-refractivity contribution in [3.05, 3.63) is 16.1 Å². The van der Waals surface area contributed by atoms with E-state index in [9.17, 15) is 24.3 Å². The molecule has 0 unspecified atom stereocenters. The second kappa shape index (κ2) is 16.2. The second-order valence-electron chi connectivity index (χ2n) is 12.3. The first kappa shape index (κ1) is 35.5. The van der Waals surface area contributed by atoms with Crippen LogP contribution in [0.15, 0.2) is 5.38 Å². The molecule has 0 fully saturated rings. The van der Waals surface area contributed by atoms with Crippen molar-refractivity contribution in [2.75, 3.05) is 20.7 Å². The van der Waals surface area contributed by atoms with Gasteiger partial charge in [-0.1, -0.05) is 48.0 Å². The Hall–Kier alpha value is -2.73. The number of carbonyl (C=O) groups is 4. The lowest BCUT2D eigenvalue weighted by atomic mass is 9.92. The highest BCUT2D eigenvalue weighted by molar-refractivity contribution is 7.09. The van der Waals surface area contributed by atoms with Gasteiger partial charge >= 0.3 is 12.1 Å². The molecule has 0 aliphatic heterocycles. The van der Waals surface area contributed by atoms with E-state index in [1.54, 1.807) is 53.5 Å². The molecule has 0 bridgehead atoms. The van der Waals surface area contributed by atoms with Crippen molar-refractivity contribution < 1.29 is 35.1 Å². The molecule has 0 saturated heterocycles. The molecule has 1 aromatic rings. The van der Waals surface area contributed by atoms with E-state index in [2.05, 4.69) is 10.3 Å². The van der Waals surface area contributed by atoms with E-state index in [4.69, 9.17) is 10.8 Å². The van der Waals surface area contributed by atoms with Crippen LogP contribution in [0.1, 0.15) is 105 Å². The van der Waals surface area contributed by atoms with E-state index in [0.717, 1.165) is 16.2 Å². The Labute approximate surface area is 256 Å². The number of aliphatic hydroxyl groups is 1. The van der Waals surface area contributed by atoms with Gasteiger partial charge in [0.2, 0.25) is 11.8 Å². The number of ether oxygens (including phenoxy) is 2. The molecule has 0 spiro atoms. The van der Waals surface area contributed by atoms with Gasteiger partial charge in [-0.25, -0.2) is 14.6 Å². The Balaban J connectivity index is 3.24. The molecule has 0 aliphatic carbocycles. The summed E-state index contributed by atoms with van der Waals surface area (Å²) in [5, 5.41) is 15.8. The number of amides is 3. The zero-order valence-corrected chi connectivity index (χ0v) is 27.9. The molecule has 2 N–H and O–H groups in total. The molecule has 1 aromatic heterocycles. The second-order valence-corrected chi connectivity index (χ2v) is 13.2. The van der Waals surface area contributed by atoms with Crippen LogP contribution in [0.25, 0.3) is 0 Å². The third-order valence-electron chi connectivity index (χ3n) is 7.01. The smallest absolute Gasteiger partial charge is 0.410 e. The maximum Gasteiger partial charge on any atom is 0.410 e. The molecular weight excluding hydrogens is 560 g/mol. The zero-order valence-electron chi connectivity index (χ0n) is 28.1. The number of aliphatic hydroxyl groups excluding tert-OH is 1. The van der Waals surface area contributed by atoms with Gasteiger partial charge in [-0.15, -0.1) is 11.3 Å². The molecule has 0 saturated carbocycles. The summed E-state index contributed by atoms with van der Waals surface area (Å²) in [4.78, 5) is 59.4. The normalized spacial score (nSPS) is 15.7. The fourth-order valence-electron chi connectivity index (χ4n) is 4.49. The molecule has 12 heteroatoms. The van der Waals surface area contributed by atoms with E-state index >= 15 is 0 Å². The summed E-state index contributed by atoms with van der Waals surface area (Å²) >= 11 is 1.14. The van der Waals surface area contributed by atoms with Crippen molar-refractivity contribution in [2.45, 2.75) is 112 Å². The molecule has 1 heterocycles. The third-order valence-corrected chi connectivity index (χ3v) is 7.96. The highest BCUT2D eigenvalue weighted by atomic mass is 32.1. The average Bonchev–Trinajstić information content (AvgIpc) is 3.41. The van der Waals surface area contributed by atoms with Crippen molar-refractivity contribution in [2.24, 2.45) is 17.8 Å².